The summed E-state index contributed by atoms with van der Waals surface area (Å²) >= 11 is 0. The first-order chi connectivity index (χ1) is 21.4. The van der Waals surface area contributed by atoms with E-state index in [-0.39, 0.29) is 10.6 Å². The van der Waals surface area contributed by atoms with E-state index in [1.807, 2.05) is 48.9 Å². The van der Waals surface area contributed by atoms with Crippen molar-refractivity contribution in [2.45, 2.75) is 31.3 Å². The minimum Gasteiger partial charge on any atom is -0.326 e. The number of rotatable bonds is 7. The van der Waals surface area contributed by atoms with E-state index in [1.54, 1.807) is 5.98 Å². The lowest BCUT2D eigenvalue weighted by molar-refractivity contribution is 0.589. The SMILES string of the molecule is CC(C)(C)c1cccc([Si]C(c2ccccc2)(c2ccccc2)n2ccnc2)c1.[B]C=C(c1ccccc1)c1ccccc1. The number of aromatic nitrogens is 2. The average molecular weight is 585 g/mol. The van der Waals surface area contributed by atoms with E-state index in [1.165, 1.54) is 21.9 Å². The summed E-state index contributed by atoms with van der Waals surface area (Å²) in [7, 11) is 6.19. The Kier molecular flexibility index (Phi) is 9.93. The summed E-state index contributed by atoms with van der Waals surface area (Å²) in [6.45, 7) is 6.81. The van der Waals surface area contributed by atoms with Crippen LogP contribution in [-0.4, -0.2) is 26.9 Å². The number of nitrogens with zero attached hydrogens (tertiary/aromatic N) is 2. The van der Waals surface area contributed by atoms with Gasteiger partial charge in [-0.15, -0.1) is 5.98 Å². The van der Waals surface area contributed by atoms with Crippen molar-refractivity contribution in [1.82, 2.24) is 9.55 Å². The monoisotopic (exact) mass is 584 g/mol. The Morgan fingerprint density at radius 2 is 1.11 bits per heavy atom. The number of hydrogen-bond acceptors (Lipinski definition) is 1. The van der Waals surface area contributed by atoms with Gasteiger partial charge in [-0.05, 0) is 38.8 Å². The fourth-order valence-electron chi connectivity index (χ4n) is 5.36. The van der Waals surface area contributed by atoms with Crippen LogP contribution in [0.2, 0.25) is 0 Å². The van der Waals surface area contributed by atoms with Gasteiger partial charge in [0.2, 0.25) is 0 Å². The van der Waals surface area contributed by atoms with E-state index in [4.69, 9.17) is 7.85 Å². The van der Waals surface area contributed by atoms with Crippen LogP contribution in [0.15, 0.2) is 170 Å². The molecule has 0 spiro atoms. The number of hydrogen-bond donors (Lipinski definition) is 0. The second kappa shape index (κ2) is 14.2. The second-order valence-electron chi connectivity index (χ2n) is 11.7. The van der Waals surface area contributed by atoms with E-state index in [2.05, 4.69) is 146 Å². The Morgan fingerprint density at radius 3 is 1.55 bits per heavy atom. The molecule has 214 valence electrons. The van der Waals surface area contributed by atoms with Crippen molar-refractivity contribution < 1.29 is 0 Å². The van der Waals surface area contributed by atoms with Gasteiger partial charge in [0, 0.05) is 12.4 Å². The van der Waals surface area contributed by atoms with Crippen molar-refractivity contribution in [3.63, 3.8) is 0 Å². The third-order valence-corrected chi connectivity index (χ3v) is 9.46. The molecule has 1 heterocycles. The van der Waals surface area contributed by atoms with E-state index < -0.39 is 0 Å². The maximum absolute atomic E-state index is 5.67. The Labute approximate surface area is 266 Å². The fraction of sp³-hybridized carbons (Fsp3) is 0.125. The Morgan fingerprint density at radius 1 is 0.636 bits per heavy atom. The molecule has 0 saturated heterocycles. The van der Waals surface area contributed by atoms with Crippen LogP contribution in [0.4, 0.5) is 0 Å². The molecular weight excluding hydrogens is 547 g/mol. The van der Waals surface area contributed by atoms with Gasteiger partial charge in [-0.25, -0.2) is 4.98 Å². The van der Waals surface area contributed by atoms with Crippen LogP contribution < -0.4 is 5.19 Å². The number of imidazole rings is 1. The second-order valence-corrected chi connectivity index (χ2v) is 13.2. The van der Waals surface area contributed by atoms with Crippen LogP contribution in [0, 0.1) is 0 Å². The molecule has 0 aliphatic carbocycles. The van der Waals surface area contributed by atoms with Gasteiger partial charge in [0.15, 0.2) is 0 Å². The first kappa shape index (κ1) is 30.8. The molecular formula is C40H37BN2Si. The number of benzene rings is 5. The summed E-state index contributed by atoms with van der Waals surface area (Å²) < 4.78 is 2.26. The molecule has 4 radical (unpaired) electrons. The topological polar surface area (TPSA) is 17.8 Å². The van der Waals surface area contributed by atoms with Crippen molar-refractivity contribution in [3.8, 4) is 0 Å². The van der Waals surface area contributed by atoms with Gasteiger partial charge in [-0.1, -0.05) is 172 Å². The molecule has 0 amide bonds. The van der Waals surface area contributed by atoms with E-state index in [0.717, 1.165) is 16.7 Å². The zero-order valence-corrected chi connectivity index (χ0v) is 26.6. The normalized spacial score (nSPS) is 11.2. The molecule has 0 unspecified atom stereocenters. The highest BCUT2D eigenvalue weighted by molar-refractivity contribution is 6.57. The molecule has 44 heavy (non-hydrogen) atoms. The van der Waals surface area contributed by atoms with E-state index in [9.17, 15) is 0 Å². The van der Waals surface area contributed by atoms with Gasteiger partial charge in [-0.2, -0.15) is 0 Å². The molecule has 2 nitrogen and oxygen atoms in total. The van der Waals surface area contributed by atoms with Crippen LogP contribution in [-0.2, 0) is 10.6 Å². The largest absolute Gasteiger partial charge is 0.326 e. The van der Waals surface area contributed by atoms with Crippen LogP contribution in [0.5, 0.6) is 0 Å². The highest BCUT2D eigenvalue weighted by Crippen LogP contribution is 2.33. The molecule has 6 rings (SSSR count). The van der Waals surface area contributed by atoms with Gasteiger partial charge in [0.05, 0.1) is 11.5 Å². The van der Waals surface area contributed by atoms with Crippen molar-refractivity contribution in [2.75, 3.05) is 0 Å². The van der Waals surface area contributed by atoms with Crippen molar-refractivity contribution in [3.05, 3.63) is 198 Å². The predicted molar refractivity (Wildman–Crippen MR) is 188 cm³/mol. The summed E-state index contributed by atoms with van der Waals surface area (Å²) in [5.74, 6) is 1.66. The van der Waals surface area contributed by atoms with Gasteiger partial charge < -0.3 is 4.57 Å². The quantitative estimate of drug-likeness (QED) is 0.173. The van der Waals surface area contributed by atoms with Crippen molar-refractivity contribution in [2.24, 2.45) is 0 Å². The van der Waals surface area contributed by atoms with Gasteiger partial charge in [0.1, 0.15) is 17.4 Å². The molecule has 0 aliphatic rings. The molecule has 0 N–H and O–H groups in total. The minimum atomic E-state index is -0.338. The highest BCUT2D eigenvalue weighted by Gasteiger charge is 2.37. The summed E-state index contributed by atoms with van der Waals surface area (Å²) in [5.41, 5.74) is 7.38. The standard InChI is InChI=1S/C26H26N2Si.C14H11B/c1-25(2,3)23-15-10-16-24(19-23)29-26(28-18-17-27-20-28,21-11-6-4-7-12-21)22-13-8-5-9-14-22;15-11-14(12-7-3-1-4-8-12)13-9-5-2-6-10-13/h4-20H,1-3H3;1-11H. The highest BCUT2D eigenvalue weighted by atomic mass is 28.2. The molecule has 0 fully saturated rings. The van der Waals surface area contributed by atoms with Crippen molar-refractivity contribution >= 4 is 28.1 Å². The molecule has 1 aromatic heterocycles. The third kappa shape index (κ3) is 7.10. The zero-order valence-electron chi connectivity index (χ0n) is 25.6. The van der Waals surface area contributed by atoms with E-state index >= 15 is 0 Å². The zero-order chi connectivity index (χ0) is 30.8. The average Bonchev–Trinajstić information content (AvgIpc) is 3.62. The summed E-state index contributed by atoms with van der Waals surface area (Å²) in [5, 5.41) is 1.01. The van der Waals surface area contributed by atoms with Crippen LogP contribution in [0.3, 0.4) is 0 Å². The first-order valence-electron chi connectivity index (χ1n) is 14.9. The molecule has 0 atom stereocenters. The summed E-state index contributed by atoms with van der Waals surface area (Å²) in [6.07, 6.45) is 5.90. The van der Waals surface area contributed by atoms with E-state index in [0.29, 0.717) is 9.52 Å². The minimum absolute atomic E-state index is 0.123. The van der Waals surface area contributed by atoms with Gasteiger partial charge in [0.25, 0.3) is 0 Å². The lowest BCUT2D eigenvalue weighted by Crippen LogP contribution is -2.47. The summed E-state index contributed by atoms with van der Waals surface area (Å²) in [4.78, 5) is 4.40. The first-order valence-corrected chi connectivity index (χ1v) is 15.9. The van der Waals surface area contributed by atoms with Crippen LogP contribution in [0.25, 0.3) is 5.57 Å². The lowest BCUT2D eigenvalue weighted by atomic mass is 9.87. The molecule has 6 aromatic rings. The molecule has 4 heteroatoms. The Hall–Kier alpha value is -4.67. The van der Waals surface area contributed by atoms with Gasteiger partial charge in [-0.3, -0.25) is 0 Å². The predicted octanol–water partition coefficient (Wildman–Crippen LogP) is 8.20. The summed E-state index contributed by atoms with van der Waals surface area (Å²) in [6, 6.07) is 50.9. The van der Waals surface area contributed by atoms with Gasteiger partial charge >= 0.3 is 0 Å². The maximum Gasteiger partial charge on any atom is 0.127 e. The maximum atomic E-state index is 5.67. The fourth-order valence-corrected chi connectivity index (χ4v) is 7.07. The lowest BCUT2D eigenvalue weighted by Gasteiger charge is -2.36. The molecule has 0 saturated carbocycles. The Balaban J connectivity index is 0.000000215. The smallest absolute Gasteiger partial charge is 0.127 e. The van der Waals surface area contributed by atoms with Crippen LogP contribution in [0.1, 0.15) is 48.6 Å². The molecule has 5 aromatic carbocycles. The molecule has 0 aliphatic heterocycles. The Bertz CT molecular complexity index is 1660. The third-order valence-electron chi connectivity index (χ3n) is 7.66. The van der Waals surface area contributed by atoms with Crippen LogP contribution >= 0.6 is 0 Å². The van der Waals surface area contributed by atoms with Crippen molar-refractivity contribution in [1.29, 1.82) is 0 Å². The molecule has 0 bridgehead atoms.